The second-order valence-corrected chi connectivity index (χ2v) is 7.67. The van der Waals surface area contributed by atoms with Gasteiger partial charge in [-0.05, 0) is 30.5 Å². The van der Waals surface area contributed by atoms with Gasteiger partial charge in [-0.2, -0.15) is 0 Å². The minimum absolute atomic E-state index is 0.0192. The molecule has 0 radical (unpaired) electrons. The molecule has 10 heteroatoms. The lowest BCUT2D eigenvalue weighted by molar-refractivity contribution is -0.120. The quantitative estimate of drug-likeness (QED) is 0.623. The van der Waals surface area contributed by atoms with Crippen LogP contribution in [-0.4, -0.2) is 28.6 Å². The number of halogens is 2. The van der Waals surface area contributed by atoms with E-state index >= 15 is 0 Å². The number of hydrogen-bond acceptors (Lipinski definition) is 5. The maximum absolute atomic E-state index is 13.2. The normalized spacial score (nSPS) is 11.0. The molecule has 2 rings (SSSR count). The molecule has 0 aliphatic carbocycles. The minimum atomic E-state index is -0.748. The Morgan fingerprint density at radius 1 is 1.37 bits per heavy atom. The highest BCUT2D eigenvalue weighted by molar-refractivity contribution is 6.32. The first-order valence-corrected chi connectivity index (χ1v) is 10.0. The van der Waals surface area contributed by atoms with Crippen molar-refractivity contribution < 1.29 is 13.9 Å². The van der Waals surface area contributed by atoms with Crippen LogP contribution in [0.3, 0.4) is 0 Å². The van der Waals surface area contributed by atoms with Gasteiger partial charge in [0.2, 0.25) is 0 Å². The molecule has 2 aromatic rings. The van der Waals surface area contributed by atoms with Gasteiger partial charge < -0.3 is 15.4 Å². The molecule has 0 spiro atoms. The fourth-order valence-corrected chi connectivity index (χ4v) is 3.09. The number of nitrogens with zero attached hydrogens (tertiary/aromatic N) is 2. The molecule has 3 N–H and O–H groups in total. The van der Waals surface area contributed by atoms with Crippen LogP contribution in [-0.2, 0) is 11.3 Å². The largest absolute Gasteiger partial charge is 0.482 e. The van der Waals surface area contributed by atoms with Crippen LogP contribution < -0.4 is 26.6 Å². The van der Waals surface area contributed by atoms with E-state index < -0.39 is 29.6 Å². The summed E-state index contributed by atoms with van der Waals surface area (Å²) in [6.07, 6.45) is 1.36. The number of aromatic nitrogens is 2. The first kappa shape index (κ1) is 23.5. The van der Waals surface area contributed by atoms with Crippen LogP contribution in [0.25, 0.3) is 0 Å². The summed E-state index contributed by atoms with van der Waals surface area (Å²) in [6.45, 7) is 5.78. The number of carbonyl (C=O) groups is 1. The van der Waals surface area contributed by atoms with Crippen molar-refractivity contribution in [2.24, 2.45) is 5.92 Å². The Hall–Kier alpha value is -2.81. The van der Waals surface area contributed by atoms with Gasteiger partial charge in [-0.15, -0.1) is 0 Å². The van der Waals surface area contributed by atoms with Gasteiger partial charge in [0, 0.05) is 13.1 Å². The molecule has 0 saturated heterocycles. The second kappa shape index (κ2) is 10.3. The van der Waals surface area contributed by atoms with Crippen LogP contribution in [0.15, 0.2) is 27.8 Å². The van der Waals surface area contributed by atoms with Gasteiger partial charge in [-0.3, -0.25) is 19.1 Å². The van der Waals surface area contributed by atoms with E-state index in [-0.39, 0.29) is 41.3 Å². The van der Waals surface area contributed by atoms with Crippen molar-refractivity contribution in [3.05, 3.63) is 49.9 Å². The standard InChI is InChI=1S/C20H26ClFN4O4/c1-4-5-8-25(16(27)11-30-15-7-6-13(22)9-14(15)21)17-18(23)26(10-12(2)3)20(29)24-19(17)28/h6-7,9,12H,4-5,8,10-11,23H2,1-3H3,(H,24,28,29). The molecule has 1 heterocycles. The summed E-state index contributed by atoms with van der Waals surface area (Å²) in [4.78, 5) is 41.1. The molecular weight excluding hydrogens is 415 g/mol. The SMILES string of the molecule is CCCCN(C(=O)COc1ccc(F)cc1Cl)c1c(N)n(CC(C)C)c(=O)[nH]c1=O. The monoisotopic (exact) mass is 440 g/mol. The molecular formula is C20H26ClFN4O4. The molecule has 0 fully saturated rings. The lowest BCUT2D eigenvalue weighted by Gasteiger charge is -2.25. The fraction of sp³-hybridized carbons (Fsp3) is 0.450. The maximum Gasteiger partial charge on any atom is 0.330 e. The van der Waals surface area contributed by atoms with E-state index in [1.54, 1.807) is 0 Å². The van der Waals surface area contributed by atoms with Crippen molar-refractivity contribution in [3.8, 4) is 5.75 Å². The van der Waals surface area contributed by atoms with Crippen molar-refractivity contribution in [1.82, 2.24) is 9.55 Å². The fourth-order valence-electron chi connectivity index (χ4n) is 2.87. The number of H-pyrrole nitrogens is 1. The second-order valence-electron chi connectivity index (χ2n) is 7.26. The van der Waals surface area contributed by atoms with Crippen molar-refractivity contribution in [2.75, 3.05) is 23.8 Å². The predicted octanol–water partition coefficient (Wildman–Crippen LogP) is 2.78. The minimum Gasteiger partial charge on any atom is -0.482 e. The Bertz CT molecular complexity index is 1020. The zero-order valence-corrected chi connectivity index (χ0v) is 18.0. The topological polar surface area (TPSA) is 110 Å². The molecule has 0 aliphatic heterocycles. The number of unbranched alkanes of at least 4 members (excludes halogenated alkanes) is 1. The van der Waals surface area contributed by atoms with Crippen molar-refractivity contribution in [3.63, 3.8) is 0 Å². The van der Waals surface area contributed by atoms with Crippen molar-refractivity contribution in [1.29, 1.82) is 0 Å². The number of aromatic amines is 1. The van der Waals surface area contributed by atoms with E-state index in [1.807, 2.05) is 20.8 Å². The number of amides is 1. The van der Waals surface area contributed by atoms with E-state index in [4.69, 9.17) is 22.1 Å². The van der Waals surface area contributed by atoms with E-state index in [1.165, 1.54) is 15.5 Å². The molecule has 0 aliphatic rings. The van der Waals surface area contributed by atoms with Crippen LogP contribution in [0.1, 0.15) is 33.6 Å². The molecule has 8 nitrogen and oxygen atoms in total. The highest BCUT2D eigenvalue weighted by Crippen LogP contribution is 2.25. The number of carbonyl (C=O) groups excluding carboxylic acids is 1. The van der Waals surface area contributed by atoms with Gasteiger partial charge >= 0.3 is 5.69 Å². The summed E-state index contributed by atoms with van der Waals surface area (Å²) in [5, 5.41) is 0.0192. The van der Waals surface area contributed by atoms with E-state index in [0.29, 0.717) is 6.42 Å². The Labute approximate surface area is 178 Å². The average molecular weight is 441 g/mol. The van der Waals surface area contributed by atoms with Crippen LogP contribution in [0.4, 0.5) is 15.9 Å². The van der Waals surface area contributed by atoms with Crippen molar-refractivity contribution in [2.45, 2.75) is 40.2 Å². The summed E-state index contributed by atoms with van der Waals surface area (Å²) in [7, 11) is 0. The third kappa shape index (κ3) is 5.63. The summed E-state index contributed by atoms with van der Waals surface area (Å²) in [5.74, 6) is -0.937. The highest BCUT2D eigenvalue weighted by Gasteiger charge is 2.24. The van der Waals surface area contributed by atoms with Gasteiger partial charge in [0.1, 0.15) is 17.4 Å². The lowest BCUT2D eigenvalue weighted by atomic mass is 10.2. The van der Waals surface area contributed by atoms with Gasteiger partial charge in [0.25, 0.3) is 11.5 Å². The average Bonchev–Trinajstić information content (AvgIpc) is 2.66. The predicted molar refractivity (Wildman–Crippen MR) is 115 cm³/mol. The molecule has 164 valence electrons. The van der Waals surface area contributed by atoms with E-state index in [2.05, 4.69) is 4.98 Å². The van der Waals surface area contributed by atoms with E-state index in [9.17, 15) is 18.8 Å². The number of nitrogen functional groups attached to an aromatic ring is 1. The molecule has 1 amide bonds. The molecule has 1 aromatic carbocycles. The zero-order valence-electron chi connectivity index (χ0n) is 17.2. The molecule has 30 heavy (non-hydrogen) atoms. The number of anilines is 2. The van der Waals surface area contributed by atoms with Gasteiger partial charge in [-0.1, -0.05) is 38.8 Å². The maximum atomic E-state index is 13.2. The molecule has 0 unspecified atom stereocenters. The molecule has 1 aromatic heterocycles. The van der Waals surface area contributed by atoms with Crippen LogP contribution >= 0.6 is 11.6 Å². The van der Waals surface area contributed by atoms with E-state index in [0.717, 1.165) is 18.6 Å². The first-order valence-electron chi connectivity index (χ1n) is 9.66. The molecule has 0 saturated carbocycles. The Balaban J connectivity index is 2.38. The number of hydrogen-bond donors (Lipinski definition) is 2. The van der Waals surface area contributed by atoms with Crippen LogP contribution in [0, 0.1) is 11.7 Å². The number of benzene rings is 1. The van der Waals surface area contributed by atoms with Crippen LogP contribution in [0.2, 0.25) is 5.02 Å². The summed E-state index contributed by atoms with van der Waals surface area (Å²) in [6, 6.07) is 3.54. The van der Waals surface area contributed by atoms with Gasteiger partial charge in [-0.25, -0.2) is 9.18 Å². The smallest absolute Gasteiger partial charge is 0.330 e. The molecule has 0 atom stereocenters. The van der Waals surface area contributed by atoms with Gasteiger partial charge in [0.15, 0.2) is 12.3 Å². The summed E-state index contributed by atoms with van der Waals surface area (Å²) < 4.78 is 19.9. The van der Waals surface area contributed by atoms with Gasteiger partial charge in [0.05, 0.1) is 5.02 Å². The summed E-state index contributed by atoms with van der Waals surface area (Å²) >= 11 is 5.93. The van der Waals surface area contributed by atoms with Crippen LogP contribution in [0.5, 0.6) is 5.75 Å². The zero-order chi connectivity index (χ0) is 22.4. The summed E-state index contributed by atoms with van der Waals surface area (Å²) in [5.41, 5.74) is 4.66. The number of ether oxygens (including phenoxy) is 1. The third-order valence-electron chi connectivity index (χ3n) is 4.31. The highest BCUT2D eigenvalue weighted by atomic mass is 35.5. The number of nitrogens with two attached hydrogens (primary N) is 1. The Kier molecular flexibility index (Phi) is 8.05. The lowest BCUT2D eigenvalue weighted by Crippen LogP contribution is -2.43. The Morgan fingerprint density at radius 2 is 2.07 bits per heavy atom. The molecule has 0 bridgehead atoms. The van der Waals surface area contributed by atoms with Crippen molar-refractivity contribution >= 4 is 29.0 Å². The first-order chi connectivity index (χ1) is 14.1. The number of rotatable bonds is 9. The Morgan fingerprint density at radius 3 is 2.67 bits per heavy atom. The third-order valence-corrected chi connectivity index (χ3v) is 4.61. The number of nitrogens with one attached hydrogen (secondary N) is 1.